The lowest BCUT2D eigenvalue weighted by molar-refractivity contribution is -0.116. The number of rotatable bonds is 6. The minimum absolute atomic E-state index is 0.130. The van der Waals surface area contributed by atoms with Gasteiger partial charge in [0.15, 0.2) is 0 Å². The molecule has 0 aliphatic rings. The smallest absolute Gasteiger partial charge is 0.236 e. The Morgan fingerprint density at radius 2 is 2.28 bits per heavy atom. The first-order valence-corrected chi connectivity index (χ1v) is 6.60. The maximum Gasteiger partial charge on any atom is 0.236 e. The van der Waals surface area contributed by atoms with Gasteiger partial charge in [0.2, 0.25) is 5.91 Å². The predicted molar refractivity (Wildman–Crippen MR) is 75.2 cm³/mol. The molecule has 0 saturated carbocycles. The molecule has 0 bridgehead atoms. The first-order chi connectivity index (χ1) is 8.58. The number of carbonyl (C=O) groups excluding carboxylic acids is 1. The van der Waals surface area contributed by atoms with Crippen LogP contribution in [0.3, 0.4) is 0 Å². The summed E-state index contributed by atoms with van der Waals surface area (Å²) in [5.74, 6) is -0.394. The number of nitriles is 1. The van der Waals surface area contributed by atoms with Crippen molar-refractivity contribution in [1.82, 2.24) is 0 Å². The molecular formula is C13H16BrN3O. The molecule has 0 unspecified atom stereocenters. The van der Waals surface area contributed by atoms with E-state index in [1.165, 1.54) is 0 Å². The zero-order valence-corrected chi connectivity index (χ0v) is 11.9. The Labute approximate surface area is 116 Å². The van der Waals surface area contributed by atoms with E-state index in [2.05, 4.69) is 28.9 Å². The van der Waals surface area contributed by atoms with Crippen LogP contribution in [0, 0.1) is 11.3 Å². The second-order valence-electron chi connectivity index (χ2n) is 4.01. The molecular weight excluding hydrogens is 294 g/mol. The number of nitrogens with zero attached hydrogens (tertiary/aromatic N) is 2. The van der Waals surface area contributed by atoms with Gasteiger partial charge in [-0.3, -0.25) is 4.79 Å². The molecule has 96 valence electrons. The number of halogens is 1. The van der Waals surface area contributed by atoms with Gasteiger partial charge in [0, 0.05) is 11.0 Å². The fourth-order valence-corrected chi connectivity index (χ4v) is 2.03. The molecule has 1 amide bonds. The average Bonchev–Trinajstić information content (AvgIpc) is 2.34. The fraction of sp³-hybridized carbons (Fsp3) is 0.385. The Balaban J connectivity index is 3.06. The third-order valence-electron chi connectivity index (χ3n) is 2.55. The normalized spacial score (nSPS) is 9.83. The summed E-state index contributed by atoms with van der Waals surface area (Å²) < 4.78 is 0.877. The third-order valence-corrected chi connectivity index (χ3v) is 3.04. The van der Waals surface area contributed by atoms with Crippen molar-refractivity contribution in [2.45, 2.75) is 19.8 Å². The number of unbranched alkanes of at least 4 members (excludes halogenated alkanes) is 1. The van der Waals surface area contributed by atoms with E-state index in [9.17, 15) is 4.79 Å². The summed E-state index contributed by atoms with van der Waals surface area (Å²) in [4.78, 5) is 13.0. The van der Waals surface area contributed by atoms with Gasteiger partial charge in [-0.05, 0) is 24.6 Å². The maximum absolute atomic E-state index is 11.1. The number of hydrogen-bond acceptors (Lipinski definition) is 3. The van der Waals surface area contributed by atoms with Crippen LogP contribution in [-0.2, 0) is 4.79 Å². The van der Waals surface area contributed by atoms with Crippen LogP contribution in [0.5, 0.6) is 0 Å². The van der Waals surface area contributed by atoms with Crippen LogP contribution in [0.15, 0.2) is 22.7 Å². The van der Waals surface area contributed by atoms with Crippen molar-refractivity contribution in [3.63, 3.8) is 0 Å². The number of carbonyl (C=O) groups is 1. The van der Waals surface area contributed by atoms with Crippen LogP contribution in [-0.4, -0.2) is 19.0 Å². The van der Waals surface area contributed by atoms with Crippen LogP contribution in [0.25, 0.3) is 0 Å². The minimum atomic E-state index is -0.394. The molecule has 4 nitrogen and oxygen atoms in total. The first kappa shape index (κ1) is 14.5. The van der Waals surface area contributed by atoms with Crippen molar-refractivity contribution in [2.24, 2.45) is 5.73 Å². The molecule has 0 fully saturated rings. The number of anilines is 1. The van der Waals surface area contributed by atoms with E-state index in [1.807, 2.05) is 17.0 Å². The standard InChI is InChI=1S/C13H16BrN3O/c1-2-3-6-17(9-13(16)18)12-7-11(14)5-4-10(12)8-15/h4-5,7H,2-3,6,9H2,1H3,(H2,16,18). The molecule has 0 heterocycles. The van der Waals surface area contributed by atoms with Crippen LogP contribution in [0.4, 0.5) is 5.69 Å². The Hall–Kier alpha value is -1.54. The van der Waals surface area contributed by atoms with Crippen molar-refractivity contribution >= 4 is 27.5 Å². The Kier molecular flexibility index (Phi) is 5.66. The molecule has 1 aromatic carbocycles. The van der Waals surface area contributed by atoms with Gasteiger partial charge in [-0.1, -0.05) is 29.3 Å². The van der Waals surface area contributed by atoms with Crippen LogP contribution in [0.2, 0.25) is 0 Å². The largest absolute Gasteiger partial charge is 0.368 e. The van der Waals surface area contributed by atoms with Crippen molar-refractivity contribution in [1.29, 1.82) is 5.26 Å². The molecule has 0 saturated heterocycles. The SMILES string of the molecule is CCCCN(CC(N)=O)c1cc(Br)ccc1C#N. The van der Waals surface area contributed by atoms with Gasteiger partial charge in [0.1, 0.15) is 6.07 Å². The fourth-order valence-electron chi connectivity index (χ4n) is 1.68. The average molecular weight is 310 g/mol. The molecule has 0 atom stereocenters. The molecule has 2 N–H and O–H groups in total. The highest BCUT2D eigenvalue weighted by molar-refractivity contribution is 9.10. The lowest BCUT2D eigenvalue weighted by atomic mass is 10.1. The monoisotopic (exact) mass is 309 g/mol. The van der Waals surface area contributed by atoms with Gasteiger partial charge < -0.3 is 10.6 Å². The highest BCUT2D eigenvalue weighted by Gasteiger charge is 2.13. The molecule has 0 aliphatic heterocycles. The Morgan fingerprint density at radius 3 is 2.83 bits per heavy atom. The summed E-state index contributed by atoms with van der Waals surface area (Å²) in [5, 5.41) is 9.11. The summed E-state index contributed by atoms with van der Waals surface area (Å²) in [6.45, 7) is 2.92. The third kappa shape index (κ3) is 4.04. The van der Waals surface area contributed by atoms with Gasteiger partial charge in [0.05, 0.1) is 17.8 Å². The van der Waals surface area contributed by atoms with E-state index in [1.54, 1.807) is 6.07 Å². The maximum atomic E-state index is 11.1. The molecule has 0 aromatic heterocycles. The van der Waals surface area contributed by atoms with Gasteiger partial charge in [-0.2, -0.15) is 5.26 Å². The van der Waals surface area contributed by atoms with Crippen LogP contribution in [0.1, 0.15) is 25.3 Å². The molecule has 5 heteroatoms. The van der Waals surface area contributed by atoms with E-state index in [-0.39, 0.29) is 6.54 Å². The van der Waals surface area contributed by atoms with Gasteiger partial charge in [-0.25, -0.2) is 0 Å². The lowest BCUT2D eigenvalue weighted by Crippen LogP contribution is -2.35. The molecule has 0 aliphatic carbocycles. The van der Waals surface area contributed by atoms with E-state index in [0.717, 1.165) is 23.0 Å². The number of amides is 1. The summed E-state index contributed by atoms with van der Waals surface area (Å²) in [6.07, 6.45) is 1.97. The molecule has 1 rings (SSSR count). The highest BCUT2D eigenvalue weighted by Crippen LogP contribution is 2.25. The summed E-state index contributed by atoms with van der Waals surface area (Å²) in [5.41, 5.74) is 6.56. The van der Waals surface area contributed by atoms with Crippen molar-refractivity contribution < 1.29 is 4.79 Å². The number of primary amides is 1. The zero-order chi connectivity index (χ0) is 13.5. The second kappa shape index (κ2) is 7.02. The zero-order valence-electron chi connectivity index (χ0n) is 10.3. The van der Waals surface area contributed by atoms with Crippen LogP contribution < -0.4 is 10.6 Å². The first-order valence-electron chi connectivity index (χ1n) is 5.81. The summed E-state index contributed by atoms with van der Waals surface area (Å²) in [6, 6.07) is 7.53. The molecule has 18 heavy (non-hydrogen) atoms. The molecule has 0 spiro atoms. The molecule has 0 radical (unpaired) electrons. The van der Waals surface area contributed by atoms with E-state index in [0.29, 0.717) is 12.1 Å². The van der Waals surface area contributed by atoms with Gasteiger partial charge in [-0.15, -0.1) is 0 Å². The van der Waals surface area contributed by atoms with Crippen LogP contribution >= 0.6 is 15.9 Å². The summed E-state index contributed by atoms with van der Waals surface area (Å²) >= 11 is 3.38. The topological polar surface area (TPSA) is 70.1 Å². The lowest BCUT2D eigenvalue weighted by Gasteiger charge is -2.24. The number of hydrogen-bond donors (Lipinski definition) is 1. The predicted octanol–water partition coefficient (Wildman–Crippen LogP) is 2.41. The number of nitrogens with two attached hydrogens (primary N) is 1. The molecule has 1 aromatic rings. The van der Waals surface area contributed by atoms with Gasteiger partial charge in [0.25, 0.3) is 0 Å². The quantitative estimate of drug-likeness (QED) is 0.877. The summed E-state index contributed by atoms with van der Waals surface area (Å²) in [7, 11) is 0. The van der Waals surface area contributed by atoms with E-state index >= 15 is 0 Å². The highest BCUT2D eigenvalue weighted by atomic mass is 79.9. The van der Waals surface area contributed by atoms with Gasteiger partial charge >= 0.3 is 0 Å². The Bertz CT molecular complexity index is 468. The minimum Gasteiger partial charge on any atom is -0.368 e. The van der Waals surface area contributed by atoms with E-state index in [4.69, 9.17) is 11.0 Å². The van der Waals surface area contributed by atoms with Crippen molar-refractivity contribution in [3.05, 3.63) is 28.2 Å². The number of benzene rings is 1. The van der Waals surface area contributed by atoms with Crippen molar-refractivity contribution in [3.8, 4) is 6.07 Å². The second-order valence-corrected chi connectivity index (χ2v) is 4.93. The Morgan fingerprint density at radius 1 is 1.56 bits per heavy atom. The van der Waals surface area contributed by atoms with Crippen molar-refractivity contribution in [2.75, 3.05) is 18.0 Å². The van der Waals surface area contributed by atoms with E-state index < -0.39 is 5.91 Å².